The molecular formula is C11H14N2O2. The van der Waals surface area contributed by atoms with E-state index in [1.807, 2.05) is 18.2 Å². The minimum atomic E-state index is -0.157. The van der Waals surface area contributed by atoms with Crippen molar-refractivity contribution in [1.82, 2.24) is 4.90 Å². The highest BCUT2D eigenvalue weighted by Gasteiger charge is 2.12. The number of rotatable bonds is 5. The molecule has 80 valence electrons. The van der Waals surface area contributed by atoms with E-state index in [1.54, 1.807) is 18.3 Å². The van der Waals surface area contributed by atoms with E-state index in [4.69, 9.17) is 0 Å². The molecule has 1 rings (SSSR count). The van der Waals surface area contributed by atoms with Crippen molar-refractivity contribution < 1.29 is 9.59 Å². The largest absolute Gasteiger partial charge is 0.359 e. The number of carbonyl (C=O) groups is 2. The van der Waals surface area contributed by atoms with E-state index in [0.717, 1.165) is 18.3 Å². The zero-order valence-corrected chi connectivity index (χ0v) is 8.67. The summed E-state index contributed by atoms with van der Waals surface area (Å²) in [5.41, 5.74) is 0.741. The summed E-state index contributed by atoms with van der Waals surface area (Å²) >= 11 is 0. The Bertz CT molecular complexity index is 319. The maximum atomic E-state index is 10.7. The van der Waals surface area contributed by atoms with Crippen molar-refractivity contribution in [1.29, 1.82) is 0 Å². The van der Waals surface area contributed by atoms with E-state index in [9.17, 15) is 9.59 Å². The van der Waals surface area contributed by atoms with Crippen molar-refractivity contribution in [3.05, 3.63) is 23.9 Å². The standard InChI is InChI=1S/C11H14N2O2/c1-13(6-7-14)9-12-11-5-3-2-4-10(11)8-15/h2-3,5,7-10H,4,6H2,1H3. The first-order valence-electron chi connectivity index (χ1n) is 4.78. The van der Waals surface area contributed by atoms with Crippen LogP contribution in [-0.4, -0.2) is 37.4 Å². The average Bonchev–Trinajstić information content (AvgIpc) is 2.27. The SMILES string of the molecule is CN(C=NC1=CC=CCC1C=O)CC=O. The minimum absolute atomic E-state index is 0.157. The third-order valence-corrected chi connectivity index (χ3v) is 2.10. The molecule has 0 fully saturated rings. The third kappa shape index (κ3) is 3.50. The maximum Gasteiger partial charge on any atom is 0.139 e. The first-order valence-corrected chi connectivity index (χ1v) is 4.78. The van der Waals surface area contributed by atoms with Gasteiger partial charge >= 0.3 is 0 Å². The summed E-state index contributed by atoms with van der Waals surface area (Å²) in [4.78, 5) is 26.8. The van der Waals surface area contributed by atoms with Gasteiger partial charge in [-0.25, -0.2) is 4.99 Å². The molecule has 0 aromatic rings. The van der Waals surface area contributed by atoms with Gasteiger partial charge in [-0.1, -0.05) is 12.2 Å². The van der Waals surface area contributed by atoms with E-state index in [-0.39, 0.29) is 5.92 Å². The first-order chi connectivity index (χ1) is 7.27. The van der Waals surface area contributed by atoms with Crippen LogP contribution < -0.4 is 0 Å². The Balaban J connectivity index is 2.62. The highest BCUT2D eigenvalue weighted by atomic mass is 16.1. The van der Waals surface area contributed by atoms with E-state index < -0.39 is 0 Å². The second-order valence-electron chi connectivity index (χ2n) is 3.35. The molecule has 0 radical (unpaired) electrons. The van der Waals surface area contributed by atoms with E-state index in [2.05, 4.69) is 4.99 Å². The lowest BCUT2D eigenvalue weighted by molar-refractivity contribution is -0.110. The smallest absolute Gasteiger partial charge is 0.139 e. The maximum absolute atomic E-state index is 10.7. The van der Waals surface area contributed by atoms with Gasteiger partial charge < -0.3 is 14.5 Å². The van der Waals surface area contributed by atoms with Gasteiger partial charge in [-0.05, 0) is 12.5 Å². The Labute approximate surface area is 89.0 Å². The normalized spacial score (nSPS) is 20.1. The van der Waals surface area contributed by atoms with E-state index in [0.29, 0.717) is 13.0 Å². The molecule has 0 aliphatic heterocycles. The van der Waals surface area contributed by atoms with Crippen LogP contribution in [0.3, 0.4) is 0 Å². The summed E-state index contributed by atoms with van der Waals surface area (Å²) in [6.07, 6.45) is 9.60. The van der Waals surface area contributed by atoms with Gasteiger partial charge in [-0.15, -0.1) is 0 Å². The van der Waals surface area contributed by atoms with Gasteiger partial charge in [0.2, 0.25) is 0 Å². The van der Waals surface area contributed by atoms with Gasteiger partial charge in [0.05, 0.1) is 24.5 Å². The van der Waals surface area contributed by atoms with Crippen LogP contribution in [0.5, 0.6) is 0 Å². The molecule has 15 heavy (non-hydrogen) atoms. The fraction of sp³-hybridized carbons (Fsp3) is 0.364. The van der Waals surface area contributed by atoms with Crippen LogP contribution in [0, 0.1) is 5.92 Å². The topological polar surface area (TPSA) is 49.7 Å². The summed E-state index contributed by atoms with van der Waals surface area (Å²) in [6.45, 7) is 0.304. The molecule has 0 bridgehead atoms. The van der Waals surface area contributed by atoms with Gasteiger partial charge in [0.25, 0.3) is 0 Å². The Kier molecular flexibility index (Phi) is 4.47. The van der Waals surface area contributed by atoms with Crippen LogP contribution >= 0.6 is 0 Å². The van der Waals surface area contributed by atoms with Crippen molar-refractivity contribution in [2.75, 3.05) is 13.6 Å². The second kappa shape index (κ2) is 5.90. The Hall–Kier alpha value is -1.71. The number of carbonyl (C=O) groups excluding carboxylic acids is 2. The minimum Gasteiger partial charge on any atom is -0.359 e. The Morgan fingerprint density at radius 1 is 1.60 bits per heavy atom. The second-order valence-corrected chi connectivity index (χ2v) is 3.35. The number of hydrogen-bond acceptors (Lipinski definition) is 3. The lowest BCUT2D eigenvalue weighted by atomic mass is 9.99. The number of likely N-dealkylation sites (N-methyl/N-ethyl adjacent to an activating group) is 1. The molecule has 0 N–H and O–H groups in total. The van der Waals surface area contributed by atoms with Crippen LogP contribution in [0.15, 0.2) is 28.9 Å². The summed E-state index contributed by atoms with van der Waals surface area (Å²) in [7, 11) is 1.76. The lowest BCUT2D eigenvalue weighted by Crippen LogP contribution is -2.19. The summed E-state index contributed by atoms with van der Waals surface area (Å²) < 4.78 is 0. The molecule has 4 heteroatoms. The van der Waals surface area contributed by atoms with Crippen LogP contribution in [0.1, 0.15) is 6.42 Å². The number of nitrogens with zero attached hydrogens (tertiary/aromatic N) is 2. The molecule has 0 amide bonds. The predicted octanol–water partition coefficient (Wildman–Crippen LogP) is 0.804. The van der Waals surface area contributed by atoms with Crippen molar-refractivity contribution in [3.8, 4) is 0 Å². The average molecular weight is 206 g/mol. The number of allylic oxidation sites excluding steroid dienone is 4. The van der Waals surface area contributed by atoms with Gasteiger partial charge in [0, 0.05) is 7.05 Å². The zero-order valence-electron chi connectivity index (χ0n) is 8.67. The Morgan fingerprint density at radius 2 is 2.40 bits per heavy atom. The van der Waals surface area contributed by atoms with Gasteiger partial charge in [0.15, 0.2) is 0 Å². The summed E-state index contributed by atoms with van der Waals surface area (Å²) in [5, 5.41) is 0. The van der Waals surface area contributed by atoms with Crippen molar-refractivity contribution in [2.45, 2.75) is 6.42 Å². The molecule has 1 aliphatic rings. The van der Waals surface area contributed by atoms with Gasteiger partial charge in [-0.3, -0.25) is 0 Å². The molecule has 1 aliphatic carbocycles. The van der Waals surface area contributed by atoms with E-state index >= 15 is 0 Å². The van der Waals surface area contributed by atoms with Gasteiger partial charge in [-0.2, -0.15) is 0 Å². The molecule has 1 atom stereocenters. The molecule has 0 heterocycles. The molecular weight excluding hydrogens is 192 g/mol. The molecule has 0 saturated heterocycles. The van der Waals surface area contributed by atoms with Gasteiger partial charge in [0.1, 0.15) is 12.6 Å². The molecule has 0 saturated carbocycles. The fourth-order valence-electron chi connectivity index (χ4n) is 1.23. The summed E-state index contributed by atoms with van der Waals surface area (Å²) in [6, 6.07) is 0. The summed E-state index contributed by atoms with van der Waals surface area (Å²) in [5.74, 6) is -0.157. The lowest BCUT2D eigenvalue weighted by Gasteiger charge is -2.13. The highest BCUT2D eigenvalue weighted by Crippen LogP contribution is 2.18. The van der Waals surface area contributed by atoms with Crippen molar-refractivity contribution >= 4 is 18.9 Å². The Morgan fingerprint density at radius 3 is 3.07 bits per heavy atom. The number of aliphatic imine (C=N–C) groups is 1. The number of aldehydes is 2. The monoisotopic (exact) mass is 206 g/mol. The van der Waals surface area contributed by atoms with E-state index in [1.165, 1.54) is 0 Å². The molecule has 1 unspecified atom stereocenters. The zero-order chi connectivity index (χ0) is 11.1. The van der Waals surface area contributed by atoms with Crippen LogP contribution in [-0.2, 0) is 9.59 Å². The predicted molar refractivity (Wildman–Crippen MR) is 58.6 cm³/mol. The van der Waals surface area contributed by atoms with Crippen molar-refractivity contribution in [2.24, 2.45) is 10.9 Å². The fourth-order valence-corrected chi connectivity index (χ4v) is 1.23. The quantitative estimate of drug-likeness (QED) is 0.380. The molecule has 4 nitrogen and oxygen atoms in total. The number of hydrogen-bond donors (Lipinski definition) is 0. The third-order valence-electron chi connectivity index (χ3n) is 2.10. The van der Waals surface area contributed by atoms with Crippen LogP contribution in [0.4, 0.5) is 0 Å². The molecule has 0 aromatic carbocycles. The highest BCUT2D eigenvalue weighted by molar-refractivity contribution is 5.66. The van der Waals surface area contributed by atoms with Crippen LogP contribution in [0.2, 0.25) is 0 Å². The van der Waals surface area contributed by atoms with Crippen LogP contribution in [0.25, 0.3) is 0 Å². The molecule has 0 spiro atoms. The first kappa shape index (κ1) is 11.4. The molecule has 0 aromatic heterocycles. The van der Waals surface area contributed by atoms with Crippen molar-refractivity contribution in [3.63, 3.8) is 0 Å².